The van der Waals surface area contributed by atoms with Crippen LogP contribution in [0.2, 0.25) is 0 Å². The fourth-order valence-corrected chi connectivity index (χ4v) is 0.422. The first-order chi connectivity index (χ1) is 6.16. The molecule has 0 unspecified atom stereocenters. The van der Waals surface area contributed by atoms with E-state index in [-0.39, 0.29) is 13.2 Å². The van der Waals surface area contributed by atoms with Crippen molar-refractivity contribution in [2.75, 3.05) is 19.8 Å². The summed E-state index contributed by atoms with van der Waals surface area (Å²) in [6.45, 7) is 2.49. The number of rotatable bonds is 4. The molecule has 0 saturated carbocycles. The Balaban J connectivity index is 3.25. The Morgan fingerprint density at radius 2 is 1.92 bits per heavy atom. The van der Waals surface area contributed by atoms with Crippen LogP contribution in [0.1, 0.15) is 6.92 Å². The standard InChI is InChI=1S/C6H10O7/c1-2-10-3-4-11-6(9)13-12-5(7)8/h2-4H2,1H3,(H,7,8). The maximum Gasteiger partial charge on any atom is 0.550 e. The van der Waals surface area contributed by atoms with Gasteiger partial charge >= 0.3 is 12.3 Å². The predicted molar refractivity (Wildman–Crippen MR) is 38.0 cm³/mol. The highest BCUT2D eigenvalue weighted by molar-refractivity contribution is 5.62. The molecule has 0 heterocycles. The molecule has 0 aliphatic rings. The van der Waals surface area contributed by atoms with Gasteiger partial charge in [0.2, 0.25) is 0 Å². The minimum atomic E-state index is -1.72. The van der Waals surface area contributed by atoms with Crippen LogP contribution >= 0.6 is 0 Å². The maximum atomic E-state index is 10.4. The van der Waals surface area contributed by atoms with Crippen LogP contribution in [-0.2, 0) is 19.2 Å². The van der Waals surface area contributed by atoms with Gasteiger partial charge < -0.3 is 14.6 Å². The fourth-order valence-electron chi connectivity index (χ4n) is 0.422. The molecule has 0 aromatic carbocycles. The number of hydrogen-bond donors (Lipinski definition) is 1. The molecule has 0 radical (unpaired) electrons. The van der Waals surface area contributed by atoms with Gasteiger partial charge in [-0.3, -0.25) is 0 Å². The van der Waals surface area contributed by atoms with Crippen LogP contribution < -0.4 is 0 Å². The number of carboxylic acid groups (broad SMARTS) is 1. The lowest BCUT2D eigenvalue weighted by atomic mass is 10.7. The Hall–Kier alpha value is -1.50. The Kier molecular flexibility index (Phi) is 6.34. The Morgan fingerprint density at radius 3 is 2.46 bits per heavy atom. The van der Waals surface area contributed by atoms with Gasteiger partial charge in [0.1, 0.15) is 6.61 Å². The Bertz CT molecular complexity index is 166. The second kappa shape index (κ2) is 7.17. The van der Waals surface area contributed by atoms with E-state index < -0.39 is 12.3 Å². The lowest BCUT2D eigenvalue weighted by molar-refractivity contribution is -0.213. The molecule has 0 aromatic heterocycles. The van der Waals surface area contributed by atoms with Crippen molar-refractivity contribution in [1.82, 2.24) is 0 Å². The minimum absolute atomic E-state index is 0.0182. The summed E-state index contributed by atoms with van der Waals surface area (Å²) in [5, 5.41) is 7.89. The quantitative estimate of drug-likeness (QED) is 0.306. The van der Waals surface area contributed by atoms with E-state index in [0.29, 0.717) is 6.61 Å². The van der Waals surface area contributed by atoms with Crippen molar-refractivity contribution in [2.45, 2.75) is 6.92 Å². The van der Waals surface area contributed by atoms with Crippen molar-refractivity contribution in [3.05, 3.63) is 0 Å². The number of carbonyl (C=O) groups excluding carboxylic acids is 1. The largest absolute Gasteiger partial charge is 0.550 e. The molecule has 13 heavy (non-hydrogen) atoms. The average molecular weight is 194 g/mol. The van der Waals surface area contributed by atoms with E-state index in [2.05, 4.69) is 14.5 Å². The number of hydrogen-bond acceptors (Lipinski definition) is 6. The molecule has 0 saturated heterocycles. The summed E-state index contributed by atoms with van der Waals surface area (Å²) in [6, 6.07) is 0. The van der Waals surface area contributed by atoms with Gasteiger partial charge in [0, 0.05) is 6.61 Å². The Morgan fingerprint density at radius 1 is 1.23 bits per heavy atom. The van der Waals surface area contributed by atoms with E-state index in [4.69, 9.17) is 9.84 Å². The second-order valence-electron chi connectivity index (χ2n) is 1.73. The molecule has 0 fully saturated rings. The lowest BCUT2D eigenvalue weighted by Gasteiger charge is -2.02. The highest BCUT2D eigenvalue weighted by Gasteiger charge is 2.07. The average Bonchev–Trinajstić information content (AvgIpc) is 2.09. The molecule has 0 amide bonds. The summed E-state index contributed by atoms with van der Waals surface area (Å²) < 4.78 is 9.14. The van der Waals surface area contributed by atoms with Gasteiger partial charge in [-0.1, -0.05) is 0 Å². The third-order valence-corrected chi connectivity index (χ3v) is 0.833. The van der Waals surface area contributed by atoms with Crippen LogP contribution in [0.5, 0.6) is 0 Å². The zero-order valence-electron chi connectivity index (χ0n) is 7.02. The maximum absolute atomic E-state index is 10.4. The van der Waals surface area contributed by atoms with Crippen molar-refractivity contribution in [3.8, 4) is 0 Å². The molecule has 0 spiro atoms. The molecule has 76 valence electrons. The SMILES string of the molecule is CCOCCOC(=O)OOC(=O)O. The van der Waals surface area contributed by atoms with Crippen molar-refractivity contribution in [3.63, 3.8) is 0 Å². The summed E-state index contributed by atoms with van der Waals surface area (Å²) in [6.07, 6.45) is -2.94. The van der Waals surface area contributed by atoms with Crippen LogP contribution in [-0.4, -0.2) is 37.2 Å². The van der Waals surface area contributed by atoms with Crippen molar-refractivity contribution >= 4 is 12.3 Å². The van der Waals surface area contributed by atoms with Gasteiger partial charge in [-0.25, -0.2) is 9.68 Å². The zero-order valence-corrected chi connectivity index (χ0v) is 7.02. The lowest BCUT2D eigenvalue weighted by Crippen LogP contribution is -2.14. The van der Waals surface area contributed by atoms with Crippen LogP contribution in [0.25, 0.3) is 0 Å². The van der Waals surface area contributed by atoms with Gasteiger partial charge in [0.15, 0.2) is 0 Å². The Labute approximate surface area is 74.1 Å². The molecule has 0 rings (SSSR count). The van der Waals surface area contributed by atoms with E-state index in [9.17, 15) is 9.59 Å². The van der Waals surface area contributed by atoms with E-state index in [1.54, 1.807) is 6.92 Å². The van der Waals surface area contributed by atoms with Crippen LogP contribution in [0.15, 0.2) is 0 Å². The van der Waals surface area contributed by atoms with Gasteiger partial charge in [-0.15, -0.1) is 0 Å². The van der Waals surface area contributed by atoms with Crippen molar-refractivity contribution < 1.29 is 33.9 Å². The molecule has 0 aliphatic heterocycles. The van der Waals surface area contributed by atoms with Crippen LogP contribution in [0.3, 0.4) is 0 Å². The molecule has 0 bridgehead atoms. The van der Waals surface area contributed by atoms with Crippen molar-refractivity contribution in [1.29, 1.82) is 0 Å². The first kappa shape index (κ1) is 11.5. The van der Waals surface area contributed by atoms with E-state index >= 15 is 0 Å². The molecule has 0 aliphatic carbocycles. The highest BCUT2D eigenvalue weighted by atomic mass is 17.3. The van der Waals surface area contributed by atoms with Crippen LogP contribution in [0.4, 0.5) is 9.59 Å². The molecule has 0 aromatic rings. The summed E-state index contributed by atoms with van der Waals surface area (Å²) in [5.74, 6) is 0. The summed E-state index contributed by atoms with van der Waals surface area (Å²) >= 11 is 0. The molecular formula is C6H10O7. The first-order valence-electron chi connectivity index (χ1n) is 3.48. The first-order valence-corrected chi connectivity index (χ1v) is 3.48. The van der Waals surface area contributed by atoms with Gasteiger partial charge in [0.25, 0.3) is 0 Å². The van der Waals surface area contributed by atoms with Gasteiger partial charge in [-0.2, -0.15) is 9.68 Å². The third-order valence-electron chi connectivity index (χ3n) is 0.833. The predicted octanol–water partition coefficient (Wildman–Crippen LogP) is 0.786. The molecule has 1 N–H and O–H groups in total. The monoisotopic (exact) mass is 194 g/mol. The molecular weight excluding hydrogens is 184 g/mol. The second-order valence-corrected chi connectivity index (χ2v) is 1.73. The molecule has 0 atom stereocenters. The normalized spacial score (nSPS) is 9.00. The van der Waals surface area contributed by atoms with E-state index in [1.165, 1.54) is 0 Å². The summed E-state index contributed by atoms with van der Waals surface area (Å²) in [5.41, 5.74) is 0. The minimum Gasteiger partial charge on any atom is -0.447 e. The fraction of sp³-hybridized carbons (Fsp3) is 0.667. The summed E-state index contributed by atoms with van der Waals surface area (Å²) in [7, 11) is 0. The summed E-state index contributed by atoms with van der Waals surface area (Å²) in [4.78, 5) is 27.3. The van der Waals surface area contributed by atoms with E-state index in [0.717, 1.165) is 0 Å². The number of carbonyl (C=O) groups is 2. The zero-order chi connectivity index (χ0) is 10.1. The van der Waals surface area contributed by atoms with Gasteiger partial charge in [0.05, 0.1) is 6.61 Å². The molecule has 7 heteroatoms. The van der Waals surface area contributed by atoms with Crippen LogP contribution in [0, 0.1) is 0 Å². The molecule has 7 nitrogen and oxygen atoms in total. The third kappa shape index (κ3) is 8.41. The van der Waals surface area contributed by atoms with Crippen molar-refractivity contribution in [2.24, 2.45) is 0 Å². The smallest absolute Gasteiger partial charge is 0.447 e. The number of ether oxygens (including phenoxy) is 2. The topological polar surface area (TPSA) is 91.3 Å². The van der Waals surface area contributed by atoms with Gasteiger partial charge in [-0.05, 0) is 6.92 Å². The van der Waals surface area contributed by atoms with E-state index in [1.807, 2.05) is 0 Å². The highest BCUT2D eigenvalue weighted by Crippen LogP contribution is 1.87.